The Bertz CT molecular complexity index is 965. The molecule has 1 aromatic heterocycles. The van der Waals surface area contributed by atoms with Gasteiger partial charge in [0.15, 0.2) is 5.82 Å². The highest BCUT2D eigenvalue weighted by molar-refractivity contribution is 8.00. The van der Waals surface area contributed by atoms with Crippen molar-refractivity contribution in [2.24, 2.45) is 0 Å². The van der Waals surface area contributed by atoms with E-state index in [4.69, 9.17) is 0 Å². The number of aromatic amines is 1. The van der Waals surface area contributed by atoms with Crippen LogP contribution in [-0.2, 0) is 0 Å². The third-order valence-electron chi connectivity index (χ3n) is 4.03. The van der Waals surface area contributed by atoms with Crippen molar-refractivity contribution in [3.8, 4) is 6.07 Å². The van der Waals surface area contributed by atoms with E-state index < -0.39 is 0 Å². The molecule has 2 aromatic carbocycles. The average Bonchev–Trinajstić information content (AvgIpc) is 3.02. The number of benzene rings is 2. The van der Waals surface area contributed by atoms with E-state index in [2.05, 4.69) is 34.2 Å². The quantitative estimate of drug-likeness (QED) is 0.388. The number of allylic oxidation sites excluding steroid dienone is 1. The van der Waals surface area contributed by atoms with Gasteiger partial charge in [-0.1, -0.05) is 29.8 Å². The molecule has 4 nitrogen and oxygen atoms in total. The zero-order chi connectivity index (χ0) is 18.0. The van der Waals surface area contributed by atoms with Gasteiger partial charge in [0.2, 0.25) is 0 Å². The number of nitrogens with zero attached hydrogens (tertiary/aromatic N) is 2. The smallest absolute Gasteiger partial charge is 0.152 e. The van der Waals surface area contributed by atoms with Crippen molar-refractivity contribution < 1.29 is 5.11 Å². The Kier molecular flexibility index (Phi) is 4.82. The molecule has 25 heavy (non-hydrogen) atoms. The molecule has 5 heteroatoms. The van der Waals surface area contributed by atoms with Gasteiger partial charge in [0.25, 0.3) is 0 Å². The molecule has 3 aromatic rings. The lowest BCUT2D eigenvalue weighted by Crippen LogP contribution is -2.05. The van der Waals surface area contributed by atoms with Crippen LogP contribution in [0, 0.1) is 25.2 Å². The topological polar surface area (TPSA) is 72.7 Å². The van der Waals surface area contributed by atoms with Crippen molar-refractivity contribution >= 4 is 28.4 Å². The van der Waals surface area contributed by atoms with Crippen molar-refractivity contribution in [2.75, 3.05) is 0 Å². The van der Waals surface area contributed by atoms with Gasteiger partial charge >= 0.3 is 0 Å². The molecule has 126 valence electrons. The molecule has 2 N–H and O–H groups in total. The van der Waals surface area contributed by atoms with Crippen LogP contribution in [0.3, 0.4) is 0 Å². The van der Waals surface area contributed by atoms with Crippen LogP contribution in [0.4, 0.5) is 0 Å². The lowest BCUT2D eigenvalue weighted by Gasteiger charge is -2.14. The fourth-order valence-corrected chi connectivity index (χ4v) is 3.70. The SMILES string of the molecule is Cc1ccc(C)c(S[C@@H](C)/C(O)=C(\C#N)c2nc3ccccc3[nH]2)c1. The molecular weight excluding hydrogens is 330 g/mol. The Hall–Kier alpha value is -2.71. The molecular formula is C20H19N3OS. The predicted octanol–water partition coefficient (Wildman–Crippen LogP) is 5.15. The number of thioether (sulfide) groups is 1. The van der Waals surface area contributed by atoms with Gasteiger partial charge in [-0.05, 0) is 44.5 Å². The van der Waals surface area contributed by atoms with E-state index in [1.54, 1.807) is 0 Å². The first kappa shape index (κ1) is 17.1. The zero-order valence-corrected chi connectivity index (χ0v) is 15.2. The number of aryl methyl sites for hydroxylation is 2. The van der Waals surface area contributed by atoms with Crippen LogP contribution in [0.15, 0.2) is 53.1 Å². The van der Waals surface area contributed by atoms with Crippen LogP contribution in [0.5, 0.6) is 0 Å². The number of nitrogens with one attached hydrogen (secondary N) is 1. The summed E-state index contributed by atoms with van der Waals surface area (Å²) in [5, 5.41) is 19.9. The first-order valence-electron chi connectivity index (χ1n) is 8.02. The van der Waals surface area contributed by atoms with Gasteiger partial charge in [-0.25, -0.2) is 4.98 Å². The summed E-state index contributed by atoms with van der Waals surface area (Å²) in [6.45, 7) is 5.97. The molecule has 0 amide bonds. The van der Waals surface area contributed by atoms with Crippen molar-refractivity contribution in [1.82, 2.24) is 9.97 Å². The molecule has 3 rings (SSSR count). The van der Waals surface area contributed by atoms with E-state index in [1.165, 1.54) is 17.3 Å². The van der Waals surface area contributed by atoms with Gasteiger partial charge in [-0.3, -0.25) is 0 Å². The number of hydrogen-bond acceptors (Lipinski definition) is 4. The summed E-state index contributed by atoms with van der Waals surface area (Å²) in [6, 6.07) is 15.9. The summed E-state index contributed by atoms with van der Waals surface area (Å²) >= 11 is 1.54. The maximum absolute atomic E-state index is 10.7. The van der Waals surface area contributed by atoms with Gasteiger partial charge < -0.3 is 10.1 Å². The number of H-pyrrole nitrogens is 1. The van der Waals surface area contributed by atoms with E-state index >= 15 is 0 Å². The Balaban J connectivity index is 1.95. The minimum absolute atomic E-state index is 0.0347. The highest BCUT2D eigenvalue weighted by Crippen LogP contribution is 2.32. The largest absolute Gasteiger partial charge is 0.510 e. The van der Waals surface area contributed by atoms with Crippen LogP contribution in [-0.4, -0.2) is 20.3 Å². The van der Waals surface area contributed by atoms with E-state index in [1.807, 2.05) is 45.0 Å². The molecule has 1 heterocycles. The van der Waals surface area contributed by atoms with Crippen LogP contribution in [0.1, 0.15) is 23.9 Å². The number of fused-ring (bicyclic) bond motifs is 1. The Morgan fingerprint density at radius 3 is 2.72 bits per heavy atom. The van der Waals surface area contributed by atoms with Gasteiger partial charge in [-0.15, -0.1) is 11.8 Å². The minimum Gasteiger partial charge on any atom is -0.510 e. The molecule has 0 saturated carbocycles. The lowest BCUT2D eigenvalue weighted by molar-refractivity contribution is 0.402. The number of aliphatic hydroxyl groups is 1. The fourth-order valence-electron chi connectivity index (χ4n) is 2.59. The summed E-state index contributed by atoms with van der Waals surface area (Å²) in [7, 11) is 0. The summed E-state index contributed by atoms with van der Waals surface area (Å²) in [6.07, 6.45) is 0. The monoisotopic (exact) mass is 349 g/mol. The number of para-hydroxylation sites is 2. The molecule has 0 aliphatic rings. The zero-order valence-electron chi connectivity index (χ0n) is 14.4. The normalized spacial score (nSPS) is 13.4. The minimum atomic E-state index is -0.261. The van der Waals surface area contributed by atoms with Gasteiger partial charge in [0.1, 0.15) is 17.4 Å². The summed E-state index contributed by atoms with van der Waals surface area (Å²) in [5.41, 5.74) is 4.11. The summed E-state index contributed by atoms with van der Waals surface area (Å²) < 4.78 is 0. The lowest BCUT2D eigenvalue weighted by atomic mass is 10.2. The second-order valence-corrected chi connectivity index (χ2v) is 7.39. The number of imidazole rings is 1. The maximum atomic E-state index is 10.7. The molecule has 0 saturated heterocycles. The standard InChI is InChI=1S/C20H19N3OS/c1-12-8-9-13(2)18(10-12)25-14(3)19(24)15(11-21)20-22-16-6-4-5-7-17(16)23-20/h4-10,14,24H,1-3H3,(H,22,23)/b19-15-/t14-/m0/s1. The van der Waals surface area contributed by atoms with Crippen LogP contribution >= 0.6 is 11.8 Å². The van der Waals surface area contributed by atoms with Crippen LogP contribution < -0.4 is 0 Å². The molecule has 0 bridgehead atoms. The van der Waals surface area contributed by atoms with Crippen molar-refractivity contribution in [3.63, 3.8) is 0 Å². The number of aliphatic hydroxyl groups excluding tert-OH is 1. The van der Waals surface area contributed by atoms with E-state index in [-0.39, 0.29) is 16.6 Å². The highest BCUT2D eigenvalue weighted by atomic mass is 32.2. The van der Waals surface area contributed by atoms with Gasteiger partial charge in [0, 0.05) is 4.90 Å². The molecule has 0 aliphatic carbocycles. The van der Waals surface area contributed by atoms with Crippen LogP contribution in [0.2, 0.25) is 0 Å². The summed E-state index contributed by atoms with van der Waals surface area (Å²) in [4.78, 5) is 8.62. The maximum Gasteiger partial charge on any atom is 0.152 e. The Morgan fingerprint density at radius 1 is 1.24 bits per heavy atom. The van der Waals surface area contributed by atoms with Gasteiger partial charge in [0.05, 0.1) is 16.3 Å². The van der Waals surface area contributed by atoms with Gasteiger partial charge in [-0.2, -0.15) is 5.26 Å². The Labute approximate surface area is 151 Å². The van der Waals surface area contributed by atoms with Crippen LogP contribution in [0.25, 0.3) is 16.6 Å². The number of nitriles is 1. The van der Waals surface area contributed by atoms with Crippen molar-refractivity contribution in [1.29, 1.82) is 5.26 Å². The summed E-state index contributed by atoms with van der Waals surface area (Å²) in [5.74, 6) is 0.432. The number of aromatic nitrogens is 2. The average molecular weight is 349 g/mol. The first-order valence-corrected chi connectivity index (χ1v) is 8.90. The molecule has 1 atom stereocenters. The fraction of sp³-hybridized carbons (Fsp3) is 0.200. The van der Waals surface area contributed by atoms with E-state index in [0.717, 1.165) is 21.5 Å². The highest BCUT2D eigenvalue weighted by Gasteiger charge is 2.19. The van der Waals surface area contributed by atoms with E-state index in [0.29, 0.717) is 5.82 Å². The predicted molar refractivity (Wildman–Crippen MR) is 102 cm³/mol. The molecule has 0 radical (unpaired) electrons. The van der Waals surface area contributed by atoms with Crippen molar-refractivity contribution in [3.05, 3.63) is 65.2 Å². The van der Waals surface area contributed by atoms with E-state index in [9.17, 15) is 10.4 Å². The number of rotatable bonds is 4. The molecule has 0 fully saturated rings. The molecule has 0 unspecified atom stereocenters. The number of hydrogen-bond donors (Lipinski definition) is 2. The second-order valence-electron chi connectivity index (χ2n) is 6.00. The second kappa shape index (κ2) is 7.04. The van der Waals surface area contributed by atoms with Crippen molar-refractivity contribution in [2.45, 2.75) is 30.9 Å². The first-order chi connectivity index (χ1) is 12.0. The third-order valence-corrected chi connectivity index (χ3v) is 5.30. The Morgan fingerprint density at radius 2 is 2.00 bits per heavy atom. The third kappa shape index (κ3) is 3.54. The molecule has 0 aliphatic heterocycles. The molecule has 0 spiro atoms.